The van der Waals surface area contributed by atoms with Crippen molar-refractivity contribution in [1.82, 2.24) is 4.90 Å². The van der Waals surface area contributed by atoms with Crippen molar-refractivity contribution in [3.05, 3.63) is 35.4 Å². The number of ketones is 1. The number of rotatable bonds is 8. The summed E-state index contributed by atoms with van der Waals surface area (Å²) in [5, 5.41) is 8.60. The fourth-order valence-electron chi connectivity index (χ4n) is 2.00. The number of likely N-dealkylation sites (N-methyl/N-ethyl adjacent to an activating group) is 1. The molecule has 110 valence electrons. The molecule has 0 aliphatic carbocycles. The molecule has 0 aliphatic rings. The van der Waals surface area contributed by atoms with Crippen LogP contribution in [0.2, 0.25) is 0 Å². The number of benzene rings is 1. The van der Waals surface area contributed by atoms with Gasteiger partial charge in [-0.2, -0.15) is 0 Å². The van der Waals surface area contributed by atoms with Crippen LogP contribution in [0.1, 0.15) is 36.2 Å². The molecule has 0 unspecified atom stereocenters. The van der Waals surface area contributed by atoms with Gasteiger partial charge in [-0.05, 0) is 24.9 Å². The second-order valence-corrected chi connectivity index (χ2v) is 5.60. The molecule has 20 heavy (non-hydrogen) atoms. The van der Waals surface area contributed by atoms with E-state index in [0.29, 0.717) is 18.0 Å². The highest BCUT2D eigenvalue weighted by molar-refractivity contribution is 5.97. The summed E-state index contributed by atoms with van der Waals surface area (Å²) in [7, 11) is 1.76. The first-order chi connectivity index (χ1) is 9.38. The van der Waals surface area contributed by atoms with E-state index in [2.05, 4.69) is 13.8 Å². The van der Waals surface area contributed by atoms with Crippen molar-refractivity contribution in [3.8, 4) is 0 Å². The molecule has 4 heteroatoms. The monoisotopic (exact) mass is 277 g/mol. The van der Waals surface area contributed by atoms with Gasteiger partial charge >= 0.3 is 5.97 Å². The summed E-state index contributed by atoms with van der Waals surface area (Å²) in [6.45, 7) is 4.95. The largest absolute Gasteiger partial charge is 0.481 e. The third-order valence-corrected chi connectivity index (χ3v) is 3.04. The fraction of sp³-hybridized carbons (Fsp3) is 0.500. The van der Waals surface area contributed by atoms with Crippen LogP contribution in [0.25, 0.3) is 0 Å². The molecular weight excluding hydrogens is 254 g/mol. The van der Waals surface area contributed by atoms with Crippen LogP contribution in [0, 0.1) is 5.92 Å². The van der Waals surface area contributed by atoms with Gasteiger partial charge in [-0.3, -0.25) is 14.5 Å². The average Bonchev–Trinajstić information content (AvgIpc) is 2.36. The van der Waals surface area contributed by atoms with Crippen LogP contribution in [-0.4, -0.2) is 41.9 Å². The molecule has 0 saturated heterocycles. The average molecular weight is 277 g/mol. The molecular formula is C16H23NO3. The van der Waals surface area contributed by atoms with E-state index < -0.39 is 5.97 Å². The van der Waals surface area contributed by atoms with E-state index in [4.69, 9.17) is 5.11 Å². The maximum atomic E-state index is 12.0. The molecule has 1 N–H and O–H groups in total. The maximum Gasteiger partial charge on any atom is 0.304 e. The predicted octanol–water partition coefficient (Wildman–Crippen LogP) is 2.47. The van der Waals surface area contributed by atoms with Gasteiger partial charge in [0, 0.05) is 12.1 Å². The van der Waals surface area contributed by atoms with Crippen LogP contribution < -0.4 is 0 Å². The van der Waals surface area contributed by atoms with Crippen molar-refractivity contribution < 1.29 is 14.7 Å². The van der Waals surface area contributed by atoms with E-state index in [1.54, 1.807) is 11.9 Å². The molecule has 0 amide bonds. The second-order valence-electron chi connectivity index (χ2n) is 5.60. The van der Waals surface area contributed by atoms with Gasteiger partial charge in [-0.1, -0.05) is 38.1 Å². The first kappa shape index (κ1) is 16.4. The smallest absolute Gasteiger partial charge is 0.304 e. The number of Topliss-reactive ketones (excluding diaryl/α,β-unsaturated/α-hetero) is 1. The lowest BCUT2D eigenvalue weighted by atomic mass is 10.0. The van der Waals surface area contributed by atoms with Gasteiger partial charge in [0.15, 0.2) is 5.78 Å². The number of carbonyl (C=O) groups excluding carboxylic acids is 1. The first-order valence-corrected chi connectivity index (χ1v) is 6.91. The lowest BCUT2D eigenvalue weighted by Crippen LogP contribution is -2.28. The third-order valence-electron chi connectivity index (χ3n) is 3.04. The van der Waals surface area contributed by atoms with Gasteiger partial charge in [-0.15, -0.1) is 0 Å². The molecule has 0 radical (unpaired) electrons. The highest BCUT2D eigenvalue weighted by atomic mass is 16.4. The van der Waals surface area contributed by atoms with Gasteiger partial charge in [0.25, 0.3) is 0 Å². The second kappa shape index (κ2) is 7.80. The van der Waals surface area contributed by atoms with Crippen LogP contribution in [0.15, 0.2) is 24.3 Å². The van der Waals surface area contributed by atoms with E-state index in [1.807, 2.05) is 24.3 Å². The fourth-order valence-corrected chi connectivity index (χ4v) is 2.00. The molecule has 0 aromatic heterocycles. The zero-order valence-corrected chi connectivity index (χ0v) is 12.4. The molecule has 0 heterocycles. The Bertz CT molecular complexity index is 451. The van der Waals surface area contributed by atoms with Crippen LogP contribution in [0.5, 0.6) is 0 Å². The van der Waals surface area contributed by atoms with Gasteiger partial charge in [0.2, 0.25) is 0 Å². The lowest BCUT2D eigenvalue weighted by Gasteiger charge is -2.14. The van der Waals surface area contributed by atoms with E-state index in [-0.39, 0.29) is 18.7 Å². The van der Waals surface area contributed by atoms with Gasteiger partial charge in [0.1, 0.15) is 0 Å². The van der Waals surface area contributed by atoms with Crippen molar-refractivity contribution in [3.63, 3.8) is 0 Å². The Hall–Kier alpha value is -1.68. The van der Waals surface area contributed by atoms with Crippen LogP contribution in [0.4, 0.5) is 0 Å². The Morgan fingerprint density at radius 1 is 1.20 bits per heavy atom. The minimum Gasteiger partial charge on any atom is -0.481 e. The molecule has 1 aromatic rings. The molecule has 0 atom stereocenters. The standard InChI is InChI=1S/C16H23NO3/c1-12(2)10-13-4-6-14(7-5-13)15(18)11-17(3)9-8-16(19)20/h4-7,12H,8-11H2,1-3H3,(H,19,20). The van der Waals surface area contributed by atoms with E-state index in [9.17, 15) is 9.59 Å². The van der Waals surface area contributed by atoms with Crippen molar-refractivity contribution in [2.75, 3.05) is 20.1 Å². The maximum absolute atomic E-state index is 12.0. The number of hydrogen-bond acceptors (Lipinski definition) is 3. The highest BCUT2D eigenvalue weighted by Crippen LogP contribution is 2.10. The van der Waals surface area contributed by atoms with Crippen LogP contribution in [-0.2, 0) is 11.2 Å². The third kappa shape index (κ3) is 5.97. The zero-order chi connectivity index (χ0) is 15.1. The highest BCUT2D eigenvalue weighted by Gasteiger charge is 2.10. The van der Waals surface area contributed by atoms with E-state index >= 15 is 0 Å². The summed E-state index contributed by atoms with van der Waals surface area (Å²) < 4.78 is 0. The number of carboxylic acids is 1. The molecule has 4 nitrogen and oxygen atoms in total. The Labute approximate surface area is 120 Å². The zero-order valence-electron chi connectivity index (χ0n) is 12.4. The van der Waals surface area contributed by atoms with Crippen molar-refractivity contribution in [2.24, 2.45) is 5.92 Å². The van der Waals surface area contributed by atoms with Crippen molar-refractivity contribution >= 4 is 11.8 Å². The number of carboxylic acid groups (broad SMARTS) is 1. The summed E-state index contributed by atoms with van der Waals surface area (Å²) in [6, 6.07) is 7.69. The summed E-state index contributed by atoms with van der Waals surface area (Å²) in [5.74, 6) is -0.227. The molecule has 0 fully saturated rings. The number of aliphatic carboxylic acids is 1. The quantitative estimate of drug-likeness (QED) is 0.742. The molecule has 1 aromatic carbocycles. The molecule has 1 rings (SSSR count). The van der Waals surface area contributed by atoms with E-state index in [1.165, 1.54) is 5.56 Å². The molecule has 0 spiro atoms. The van der Waals surface area contributed by atoms with Crippen LogP contribution >= 0.6 is 0 Å². The summed E-state index contributed by atoms with van der Waals surface area (Å²) in [4.78, 5) is 24.3. The Morgan fingerprint density at radius 2 is 1.80 bits per heavy atom. The first-order valence-electron chi connectivity index (χ1n) is 6.91. The molecule has 0 saturated carbocycles. The molecule has 0 bridgehead atoms. The Morgan fingerprint density at radius 3 is 2.30 bits per heavy atom. The topological polar surface area (TPSA) is 57.6 Å². The minimum atomic E-state index is -0.845. The summed E-state index contributed by atoms with van der Waals surface area (Å²) in [5.41, 5.74) is 1.91. The van der Waals surface area contributed by atoms with Crippen LogP contribution in [0.3, 0.4) is 0 Å². The SMILES string of the molecule is CC(C)Cc1ccc(C(=O)CN(C)CCC(=O)O)cc1. The minimum absolute atomic E-state index is 0.0222. The van der Waals surface area contributed by atoms with E-state index in [0.717, 1.165) is 6.42 Å². The van der Waals surface area contributed by atoms with Gasteiger partial charge < -0.3 is 5.11 Å². The normalized spacial score (nSPS) is 11.1. The van der Waals surface area contributed by atoms with Gasteiger partial charge in [0.05, 0.1) is 13.0 Å². The predicted molar refractivity (Wildman–Crippen MR) is 79.1 cm³/mol. The Balaban J connectivity index is 2.52. The number of carbonyl (C=O) groups is 2. The number of nitrogens with zero attached hydrogens (tertiary/aromatic N) is 1. The number of hydrogen-bond donors (Lipinski definition) is 1. The van der Waals surface area contributed by atoms with Gasteiger partial charge in [-0.25, -0.2) is 0 Å². The summed E-state index contributed by atoms with van der Waals surface area (Å²) in [6.07, 6.45) is 1.06. The lowest BCUT2D eigenvalue weighted by molar-refractivity contribution is -0.137. The van der Waals surface area contributed by atoms with Crippen molar-refractivity contribution in [2.45, 2.75) is 26.7 Å². The molecule has 0 aliphatic heterocycles. The van der Waals surface area contributed by atoms with Crippen molar-refractivity contribution in [1.29, 1.82) is 0 Å². The Kier molecular flexibility index (Phi) is 6.39. The summed E-state index contributed by atoms with van der Waals surface area (Å²) >= 11 is 0.